The smallest absolute Gasteiger partial charge is 0.230 e. The number of hydrogen-bond acceptors (Lipinski definition) is 3. The van der Waals surface area contributed by atoms with Crippen molar-refractivity contribution in [2.24, 2.45) is 10.4 Å². The van der Waals surface area contributed by atoms with Gasteiger partial charge in [0.2, 0.25) is 11.8 Å². The molecule has 1 fully saturated rings. The molecule has 2 amide bonds. The van der Waals surface area contributed by atoms with Gasteiger partial charge < -0.3 is 20.9 Å². The Morgan fingerprint density at radius 1 is 1.08 bits per heavy atom. The average Bonchev–Trinajstić information content (AvgIpc) is 3.05. The van der Waals surface area contributed by atoms with Gasteiger partial charge in [0.05, 0.1) is 5.41 Å². The maximum Gasteiger partial charge on any atom is 0.230 e. The third-order valence-corrected chi connectivity index (χ3v) is 4.46. The van der Waals surface area contributed by atoms with E-state index in [1.165, 1.54) is 0 Å². The summed E-state index contributed by atoms with van der Waals surface area (Å²) >= 11 is 0. The summed E-state index contributed by atoms with van der Waals surface area (Å²) in [5, 5.41) is 9.25. The number of aliphatic imine (C=N–C) groups is 1. The highest BCUT2D eigenvalue weighted by Crippen LogP contribution is 2.38. The van der Waals surface area contributed by atoms with E-state index in [-0.39, 0.29) is 41.2 Å². The molecular formula is C17H34IN5O2. The molecule has 0 atom stereocenters. The summed E-state index contributed by atoms with van der Waals surface area (Å²) in [6, 6.07) is 0. The summed E-state index contributed by atoms with van der Waals surface area (Å²) in [4.78, 5) is 30.0. The van der Waals surface area contributed by atoms with Crippen LogP contribution in [0, 0.1) is 5.41 Å². The fourth-order valence-corrected chi connectivity index (χ4v) is 3.11. The monoisotopic (exact) mass is 467 g/mol. The SMILES string of the molecule is CCCNC(=O)CCNC(=NC)NCC1(C(=O)N(C)C)CCCC1.I. The molecule has 0 aromatic carbocycles. The van der Waals surface area contributed by atoms with Crippen molar-refractivity contribution < 1.29 is 9.59 Å². The Morgan fingerprint density at radius 3 is 2.24 bits per heavy atom. The van der Waals surface area contributed by atoms with Gasteiger partial charge in [0, 0.05) is 47.2 Å². The van der Waals surface area contributed by atoms with Gasteiger partial charge in [-0.05, 0) is 19.3 Å². The predicted molar refractivity (Wildman–Crippen MR) is 112 cm³/mol. The van der Waals surface area contributed by atoms with Gasteiger partial charge in [-0.2, -0.15) is 0 Å². The van der Waals surface area contributed by atoms with Crippen molar-refractivity contribution in [2.45, 2.75) is 45.4 Å². The Kier molecular flexibility index (Phi) is 11.8. The maximum atomic E-state index is 12.5. The van der Waals surface area contributed by atoms with Gasteiger partial charge in [0.25, 0.3) is 0 Å². The number of carbonyl (C=O) groups is 2. The number of guanidine groups is 1. The summed E-state index contributed by atoms with van der Waals surface area (Å²) in [6.07, 6.45) is 5.34. The van der Waals surface area contributed by atoms with Crippen LogP contribution in [0.1, 0.15) is 45.4 Å². The molecule has 0 aromatic heterocycles. The minimum atomic E-state index is -0.334. The number of rotatable bonds is 8. The summed E-state index contributed by atoms with van der Waals surface area (Å²) in [7, 11) is 5.32. The topological polar surface area (TPSA) is 85.8 Å². The first-order chi connectivity index (χ1) is 11.4. The van der Waals surface area contributed by atoms with Gasteiger partial charge in [0.15, 0.2) is 5.96 Å². The lowest BCUT2D eigenvalue weighted by Gasteiger charge is -2.31. The highest BCUT2D eigenvalue weighted by Gasteiger charge is 2.42. The summed E-state index contributed by atoms with van der Waals surface area (Å²) in [5.41, 5.74) is -0.334. The molecule has 0 radical (unpaired) electrons. The van der Waals surface area contributed by atoms with Crippen LogP contribution >= 0.6 is 24.0 Å². The van der Waals surface area contributed by atoms with Crippen LogP contribution in [0.25, 0.3) is 0 Å². The second kappa shape index (κ2) is 12.3. The van der Waals surface area contributed by atoms with E-state index in [1.807, 2.05) is 21.0 Å². The Balaban J connectivity index is 0.00000576. The van der Waals surface area contributed by atoms with Gasteiger partial charge in [-0.25, -0.2) is 0 Å². The van der Waals surface area contributed by atoms with Crippen molar-refractivity contribution in [3.63, 3.8) is 0 Å². The van der Waals surface area contributed by atoms with Gasteiger partial charge >= 0.3 is 0 Å². The summed E-state index contributed by atoms with van der Waals surface area (Å²) in [5.74, 6) is 0.855. The summed E-state index contributed by atoms with van der Waals surface area (Å²) in [6.45, 7) is 3.83. The van der Waals surface area contributed by atoms with Crippen molar-refractivity contribution in [1.29, 1.82) is 0 Å². The highest BCUT2D eigenvalue weighted by molar-refractivity contribution is 14.0. The van der Waals surface area contributed by atoms with E-state index in [1.54, 1.807) is 11.9 Å². The van der Waals surface area contributed by atoms with Gasteiger partial charge in [-0.1, -0.05) is 19.8 Å². The molecule has 146 valence electrons. The first-order valence-corrected chi connectivity index (χ1v) is 8.88. The van der Waals surface area contributed by atoms with Gasteiger partial charge in [0.1, 0.15) is 0 Å². The van der Waals surface area contributed by atoms with Crippen LogP contribution in [-0.4, -0.2) is 63.5 Å². The largest absolute Gasteiger partial charge is 0.356 e. The first kappa shape index (κ1) is 23.9. The normalized spacial score (nSPS) is 15.9. The van der Waals surface area contributed by atoms with Crippen LogP contribution in [0.3, 0.4) is 0 Å². The highest BCUT2D eigenvalue weighted by atomic mass is 127. The average molecular weight is 467 g/mol. The minimum Gasteiger partial charge on any atom is -0.356 e. The first-order valence-electron chi connectivity index (χ1n) is 8.88. The molecule has 0 spiro atoms. The fourth-order valence-electron chi connectivity index (χ4n) is 3.11. The number of halogens is 1. The van der Waals surface area contributed by atoms with Crippen LogP contribution in [0.2, 0.25) is 0 Å². The molecule has 1 aliphatic carbocycles. The molecule has 0 saturated heterocycles. The molecule has 7 nitrogen and oxygen atoms in total. The molecule has 0 heterocycles. The molecule has 1 aliphatic rings. The van der Waals surface area contributed by atoms with Crippen LogP contribution in [0.4, 0.5) is 0 Å². The van der Waals surface area contributed by atoms with Crippen LogP contribution in [-0.2, 0) is 9.59 Å². The standard InChI is InChI=1S/C17H33N5O2.HI/c1-5-11-19-14(23)8-12-20-16(18-2)21-13-17(9-6-7-10-17)15(24)22(3)4;/h5-13H2,1-4H3,(H,19,23)(H2,18,20,21);1H. The Bertz CT molecular complexity index is 448. The van der Waals surface area contributed by atoms with E-state index in [4.69, 9.17) is 0 Å². The van der Waals surface area contributed by atoms with E-state index in [9.17, 15) is 9.59 Å². The molecule has 0 bridgehead atoms. The zero-order valence-corrected chi connectivity index (χ0v) is 18.3. The Hall–Kier alpha value is -1.06. The molecular weight excluding hydrogens is 433 g/mol. The summed E-state index contributed by atoms with van der Waals surface area (Å²) < 4.78 is 0. The van der Waals surface area contributed by atoms with E-state index in [0.717, 1.165) is 32.1 Å². The number of amides is 2. The third kappa shape index (κ3) is 7.79. The van der Waals surface area contributed by atoms with Gasteiger partial charge in [-0.15, -0.1) is 24.0 Å². The molecule has 0 aliphatic heterocycles. The zero-order valence-electron chi connectivity index (χ0n) is 16.0. The van der Waals surface area contributed by atoms with Crippen molar-refractivity contribution in [3.05, 3.63) is 0 Å². The second-order valence-corrected chi connectivity index (χ2v) is 6.64. The van der Waals surface area contributed by atoms with E-state index >= 15 is 0 Å². The lowest BCUT2D eigenvalue weighted by molar-refractivity contribution is -0.138. The molecule has 1 saturated carbocycles. The van der Waals surface area contributed by atoms with Gasteiger partial charge in [-0.3, -0.25) is 14.6 Å². The molecule has 3 N–H and O–H groups in total. The Labute approximate surface area is 168 Å². The van der Waals surface area contributed by atoms with Crippen molar-refractivity contribution in [1.82, 2.24) is 20.9 Å². The molecule has 8 heteroatoms. The minimum absolute atomic E-state index is 0. The van der Waals surface area contributed by atoms with E-state index in [0.29, 0.717) is 32.0 Å². The molecule has 0 aromatic rings. The lowest BCUT2D eigenvalue weighted by atomic mass is 9.84. The molecule has 1 rings (SSSR count). The number of hydrogen-bond donors (Lipinski definition) is 3. The quantitative estimate of drug-likeness (QED) is 0.286. The van der Waals surface area contributed by atoms with Crippen LogP contribution in [0.5, 0.6) is 0 Å². The molecule has 25 heavy (non-hydrogen) atoms. The maximum absolute atomic E-state index is 12.5. The van der Waals surface area contributed by atoms with E-state index in [2.05, 4.69) is 20.9 Å². The fraction of sp³-hybridized carbons (Fsp3) is 0.824. The number of nitrogens with zero attached hydrogens (tertiary/aromatic N) is 2. The van der Waals surface area contributed by atoms with Crippen LogP contribution < -0.4 is 16.0 Å². The predicted octanol–water partition coefficient (Wildman–Crippen LogP) is 1.33. The zero-order chi connectivity index (χ0) is 18.0. The Morgan fingerprint density at radius 2 is 1.72 bits per heavy atom. The number of carbonyl (C=O) groups excluding carboxylic acids is 2. The van der Waals surface area contributed by atoms with Crippen LogP contribution in [0.15, 0.2) is 4.99 Å². The third-order valence-electron chi connectivity index (χ3n) is 4.46. The second-order valence-electron chi connectivity index (χ2n) is 6.64. The van der Waals surface area contributed by atoms with E-state index < -0.39 is 0 Å². The van der Waals surface area contributed by atoms with Crippen molar-refractivity contribution in [2.75, 3.05) is 40.8 Å². The van der Waals surface area contributed by atoms with Crippen molar-refractivity contribution >= 4 is 41.8 Å². The molecule has 0 unspecified atom stereocenters. The lowest BCUT2D eigenvalue weighted by Crippen LogP contribution is -2.49. The van der Waals surface area contributed by atoms with Crippen molar-refractivity contribution in [3.8, 4) is 0 Å². The number of nitrogens with one attached hydrogen (secondary N) is 3.